The van der Waals surface area contributed by atoms with Gasteiger partial charge in [-0.25, -0.2) is 0 Å². The predicted octanol–water partition coefficient (Wildman–Crippen LogP) is 3.19. The van der Waals surface area contributed by atoms with Gasteiger partial charge in [-0.3, -0.25) is 9.78 Å². The van der Waals surface area contributed by atoms with Crippen molar-refractivity contribution in [3.8, 4) is 0 Å². The van der Waals surface area contributed by atoms with Crippen molar-refractivity contribution in [2.45, 2.75) is 25.5 Å². The van der Waals surface area contributed by atoms with Crippen LogP contribution >= 0.6 is 11.6 Å². The Morgan fingerprint density at radius 1 is 1.30 bits per heavy atom. The summed E-state index contributed by atoms with van der Waals surface area (Å²) >= 11 is 6.12. The molecular weight excluding hydrogens is 314 g/mol. The van der Waals surface area contributed by atoms with E-state index in [1.807, 2.05) is 6.92 Å². The molecule has 0 spiro atoms. The van der Waals surface area contributed by atoms with E-state index < -0.39 is 11.6 Å². The first-order chi connectivity index (χ1) is 11.1. The first-order valence-corrected chi connectivity index (χ1v) is 7.72. The lowest BCUT2D eigenvalue weighted by molar-refractivity contribution is -0.0766. The number of carbonyl (C=O) groups is 1. The number of aromatic nitrogens is 1. The molecule has 1 N–H and O–H groups in total. The molecule has 1 aliphatic rings. The molecule has 1 aromatic carbocycles. The third-order valence-electron chi connectivity index (χ3n) is 3.89. The average Bonchev–Trinajstić information content (AvgIpc) is 2.94. The highest BCUT2D eigenvalue weighted by Gasteiger charge is 2.46. The largest absolute Gasteiger partial charge is 0.365 e. The van der Waals surface area contributed by atoms with Gasteiger partial charge in [0.15, 0.2) is 5.72 Å². The van der Waals surface area contributed by atoms with Crippen molar-refractivity contribution in [2.24, 2.45) is 5.10 Å². The van der Waals surface area contributed by atoms with Gasteiger partial charge in [0.1, 0.15) is 0 Å². The number of pyridine rings is 1. The summed E-state index contributed by atoms with van der Waals surface area (Å²) in [5.41, 5.74) is 0.109. The van der Waals surface area contributed by atoms with Crippen molar-refractivity contribution in [1.29, 1.82) is 0 Å². The normalized spacial score (nSPS) is 20.5. The van der Waals surface area contributed by atoms with E-state index in [1.165, 1.54) is 0 Å². The van der Waals surface area contributed by atoms with Crippen molar-refractivity contribution in [2.75, 3.05) is 0 Å². The van der Waals surface area contributed by atoms with Crippen molar-refractivity contribution < 1.29 is 9.90 Å². The highest BCUT2D eigenvalue weighted by atomic mass is 35.5. The Hall–Kier alpha value is -2.24. The second kappa shape index (κ2) is 6.10. The second-order valence-electron chi connectivity index (χ2n) is 5.35. The van der Waals surface area contributed by atoms with Crippen LogP contribution in [0.2, 0.25) is 5.02 Å². The maximum Gasteiger partial charge on any atom is 0.278 e. The van der Waals surface area contributed by atoms with E-state index in [4.69, 9.17) is 11.6 Å². The van der Waals surface area contributed by atoms with Crippen molar-refractivity contribution in [3.63, 3.8) is 0 Å². The number of hydrogen-bond acceptors (Lipinski definition) is 4. The number of rotatable bonds is 3. The summed E-state index contributed by atoms with van der Waals surface area (Å²) in [6.45, 7) is 1.94. The van der Waals surface area contributed by atoms with Gasteiger partial charge in [0, 0.05) is 30.1 Å². The number of amides is 1. The Labute approximate surface area is 139 Å². The molecule has 2 aromatic rings. The molecule has 23 heavy (non-hydrogen) atoms. The Kier molecular flexibility index (Phi) is 4.15. The SMILES string of the molecule is CCC1=NN(C(=O)c2ccccc2Cl)[C@@](O)(c2ccncc2)C1. The molecule has 0 saturated heterocycles. The molecule has 1 amide bonds. The van der Waals surface area contributed by atoms with Gasteiger partial charge in [-0.15, -0.1) is 0 Å². The topological polar surface area (TPSA) is 65.8 Å². The highest BCUT2D eigenvalue weighted by Crippen LogP contribution is 2.37. The monoisotopic (exact) mass is 329 g/mol. The van der Waals surface area contributed by atoms with E-state index in [9.17, 15) is 9.90 Å². The molecule has 0 unspecified atom stereocenters. The molecule has 3 rings (SSSR count). The second-order valence-corrected chi connectivity index (χ2v) is 5.75. The third kappa shape index (κ3) is 2.73. The zero-order valence-electron chi connectivity index (χ0n) is 12.6. The summed E-state index contributed by atoms with van der Waals surface area (Å²) < 4.78 is 0. The molecule has 0 fully saturated rings. The molecule has 0 radical (unpaired) electrons. The molecule has 2 heterocycles. The Morgan fingerprint density at radius 2 is 2.00 bits per heavy atom. The summed E-state index contributed by atoms with van der Waals surface area (Å²) in [6.07, 6.45) is 4.08. The van der Waals surface area contributed by atoms with Crippen LogP contribution in [0.25, 0.3) is 0 Å². The molecule has 0 bridgehead atoms. The van der Waals surface area contributed by atoms with Crippen LogP contribution in [-0.2, 0) is 5.72 Å². The number of nitrogens with zero attached hydrogens (tertiary/aromatic N) is 3. The summed E-state index contributed by atoms with van der Waals surface area (Å²) in [4.78, 5) is 16.8. The molecule has 118 valence electrons. The number of aliphatic hydroxyl groups is 1. The minimum absolute atomic E-state index is 0.268. The van der Waals surface area contributed by atoms with Crippen molar-refractivity contribution in [1.82, 2.24) is 9.99 Å². The number of halogens is 1. The quantitative estimate of drug-likeness (QED) is 0.940. The molecule has 1 atom stereocenters. The fourth-order valence-electron chi connectivity index (χ4n) is 2.62. The lowest BCUT2D eigenvalue weighted by atomic mass is 9.97. The van der Waals surface area contributed by atoms with Gasteiger partial charge in [-0.05, 0) is 30.7 Å². The standard InChI is InChI=1S/C17H16ClN3O2/c1-2-13-11-17(23,12-7-9-19-10-8-12)21(20-13)16(22)14-5-3-4-6-15(14)18/h3-10,23H,2,11H2,1H3/t17-/m0/s1. The fourth-order valence-corrected chi connectivity index (χ4v) is 2.84. The van der Waals surface area contributed by atoms with Gasteiger partial charge in [-0.1, -0.05) is 30.7 Å². The summed E-state index contributed by atoms with van der Waals surface area (Å²) in [5.74, 6) is -0.432. The van der Waals surface area contributed by atoms with Crippen LogP contribution in [0.15, 0.2) is 53.9 Å². The lowest BCUT2D eigenvalue weighted by Gasteiger charge is -2.31. The predicted molar refractivity (Wildman–Crippen MR) is 88.1 cm³/mol. The van der Waals surface area contributed by atoms with E-state index in [-0.39, 0.29) is 6.42 Å². The molecular formula is C17H16ClN3O2. The smallest absolute Gasteiger partial charge is 0.278 e. The van der Waals surface area contributed by atoms with E-state index in [2.05, 4.69) is 10.1 Å². The summed E-state index contributed by atoms with van der Waals surface area (Å²) in [6, 6.07) is 10.1. The first-order valence-electron chi connectivity index (χ1n) is 7.34. The minimum atomic E-state index is -1.52. The third-order valence-corrected chi connectivity index (χ3v) is 4.22. The molecule has 6 heteroatoms. The maximum absolute atomic E-state index is 12.9. The van der Waals surface area contributed by atoms with E-state index in [1.54, 1.807) is 48.8 Å². The van der Waals surface area contributed by atoms with Crippen LogP contribution in [0.1, 0.15) is 35.7 Å². The van der Waals surface area contributed by atoms with Crippen LogP contribution in [-0.4, -0.2) is 26.7 Å². The zero-order valence-corrected chi connectivity index (χ0v) is 13.4. The average molecular weight is 330 g/mol. The Bertz CT molecular complexity index is 763. The van der Waals surface area contributed by atoms with Gasteiger partial charge in [0.2, 0.25) is 0 Å². The van der Waals surface area contributed by atoms with Gasteiger partial charge < -0.3 is 5.11 Å². The Balaban J connectivity index is 2.05. The summed E-state index contributed by atoms with van der Waals surface area (Å²) in [5, 5.41) is 16.9. The van der Waals surface area contributed by atoms with Gasteiger partial charge in [0.25, 0.3) is 5.91 Å². The number of carbonyl (C=O) groups excluding carboxylic acids is 1. The van der Waals surface area contributed by atoms with Crippen LogP contribution in [0.3, 0.4) is 0 Å². The number of hydrogen-bond donors (Lipinski definition) is 1. The van der Waals surface area contributed by atoms with E-state index in [0.717, 1.165) is 10.7 Å². The molecule has 1 aliphatic heterocycles. The Morgan fingerprint density at radius 3 is 2.65 bits per heavy atom. The van der Waals surface area contributed by atoms with Crippen LogP contribution in [0, 0.1) is 0 Å². The van der Waals surface area contributed by atoms with Gasteiger partial charge in [-0.2, -0.15) is 10.1 Å². The summed E-state index contributed by atoms with van der Waals surface area (Å²) in [7, 11) is 0. The molecule has 5 nitrogen and oxygen atoms in total. The fraction of sp³-hybridized carbons (Fsp3) is 0.235. The van der Waals surface area contributed by atoms with Crippen LogP contribution in [0.4, 0.5) is 0 Å². The van der Waals surface area contributed by atoms with E-state index >= 15 is 0 Å². The molecule has 0 saturated carbocycles. The van der Waals surface area contributed by atoms with E-state index in [0.29, 0.717) is 22.6 Å². The van der Waals surface area contributed by atoms with Crippen LogP contribution in [0.5, 0.6) is 0 Å². The number of hydrazone groups is 1. The first kappa shape index (κ1) is 15.6. The highest BCUT2D eigenvalue weighted by molar-refractivity contribution is 6.33. The van der Waals surface area contributed by atoms with Gasteiger partial charge in [0.05, 0.1) is 10.6 Å². The molecule has 0 aliphatic carbocycles. The lowest BCUT2D eigenvalue weighted by Crippen LogP contribution is -2.43. The van der Waals surface area contributed by atoms with Crippen LogP contribution < -0.4 is 0 Å². The number of benzene rings is 1. The molecule has 1 aromatic heterocycles. The van der Waals surface area contributed by atoms with Crippen molar-refractivity contribution >= 4 is 23.2 Å². The maximum atomic E-state index is 12.9. The zero-order chi connectivity index (χ0) is 16.4. The minimum Gasteiger partial charge on any atom is -0.365 e. The van der Waals surface area contributed by atoms with Crippen molar-refractivity contribution in [3.05, 3.63) is 64.9 Å². The van der Waals surface area contributed by atoms with Gasteiger partial charge >= 0.3 is 0 Å².